The van der Waals surface area contributed by atoms with Crippen LogP contribution in [0.4, 0.5) is 5.95 Å². The van der Waals surface area contributed by atoms with Crippen LogP contribution in [-0.2, 0) is 0 Å². The van der Waals surface area contributed by atoms with Crippen LogP contribution in [0.1, 0.15) is 5.56 Å². The van der Waals surface area contributed by atoms with Crippen LogP contribution in [0.5, 0.6) is 0 Å². The number of pyridine rings is 1. The zero-order valence-electron chi connectivity index (χ0n) is 11.2. The number of aromatic nitrogens is 3. The summed E-state index contributed by atoms with van der Waals surface area (Å²) in [5.41, 5.74) is 4.10. The number of halogens is 1. The summed E-state index contributed by atoms with van der Waals surface area (Å²) in [6.45, 7) is 2.09. The van der Waals surface area contributed by atoms with Crippen LogP contribution in [0.25, 0.3) is 22.2 Å². The van der Waals surface area contributed by atoms with Crippen molar-refractivity contribution in [1.82, 2.24) is 15.0 Å². The standard InChI is InChI=1S/C15H13BrN4/c1-9-5-3-4-6-11(9)12-7-10-8-18-15(17-2)20-14(10)19-13(12)16/h3-8H,1-2H3,(H,17,18,19,20). The second-order valence-corrected chi connectivity index (χ2v) is 5.25. The van der Waals surface area contributed by atoms with Gasteiger partial charge in [-0.2, -0.15) is 4.98 Å². The van der Waals surface area contributed by atoms with Crippen molar-refractivity contribution >= 4 is 32.9 Å². The van der Waals surface area contributed by atoms with E-state index in [2.05, 4.69) is 61.3 Å². The first kappa shape index (κ1) is 13.0. The van der Waals surface area contributed by atoms with Crippen molar-refractivity contribution < 1.29 is 0 Å². The third-order valence-corrected chi connectivity index (χ3v) is 3.79. The summed E-state index contributed by atoms with van der Waals surface area (Å²) in [6, 6.07) is 10.3. The highest BCUT2D eigenvalue weighted by atomic mass is 79.9. The molecule has 0 aliphatic rings. The zero-order valence-corrected chi connectivity index (χ0v) is 12.8. The van der Waals surface area contributed by atoms with Crippen LogP contribution in [0.3, 0.4) is 0 Å². The largest absolute Gasteiger partial charge is 0.357 e. The molecule has 0 unspecified atom stereocenters. The summed E-state index contributed by atoms with van der Waals surface area (Å²) in [5, 5.41) is 3.84. The highest BCUT2D eigenvalue weighted by molar-refractivity contribution is 9.10. The van der Waals surface area contributed by atoms with Crippen molar-refractivity contribution in [2.75, 3.05) is 12.4 Å². The maximum atomic E-state index is 4.53. The predicted molar refractivity (Wildman–Crippen MR) is 84.8 cm³/mol. The van der Waals surface area contributed by atoms with Crippen LogP contribution >= 0.6 is 15.9 Å². The van der Waals surface area contributed by atoms with Crippen molar-refractivity contribution in [1.29, 1.82) is 0 Å². The van der Waals surface area contributed by atoms with Crippen LogP contribution in [0.15, 0.2) is 41.1 Å². The molecule has 100 valence electrons. The van der Waals surface area contributed by atoms with Crippen molar-refractivity contribution in [3.63, 3.8) is 0 Å². The van der Waals surface area contributed by atoms with E-state index >= 15 is 0 Å². The zero-order chi connectivity index (χ0) is 14.1. The first-order chi connectivity index (χ1) is 9.69. The van der Waals surface area contributed by atoms with Gasteiger partial charge in [0.25, 0.3) is 0 Å². The Morgan fingerprint density at radius 2 is 1.90 bits per heavy atom. The van der Waals surface area contributed by atoms with Crippen LogP contribution < -0.4 is 5.32 Å². The Morgan fingerprint density at radius 3 is 2.65 bits per heavy atom. The minimum Gasteiger partial charge on any atom is -0.357 e. The quantitative estimate of drug-likeness (QED) is 0.727. The van der Waals surface area contributed by atoms with E-state index in [0.717, 1.165) is 21.1 Å². The Kier molecular flexibility index (Phi) is 3.36. The topological polar surface area (TPSA) is 50.7 Å². The number of hydrogen-bond donors (Lipinski definition) is 1. The summed E-state index contributed by atoms with van der Waals surface area (Å²) in [5.74, 6) is 0.570. The number of benzene rings is 1. The minimum absolute atomic E-state index is 0.570. The molecule has 1 aromatic carbocycles. The van der Waals surface area contributed by atoms with Crippen LogP contribution in [-0.4, -0.2) is 22.0 Å². The highest BCUT2D eigenvalue weighted by Gasteiger charge is 2.10. The molecule has 0 amide bonds. The fourth-order valence-electron chi connectivity index (χ4n) is 2.13. The average molecular weight is 329 g/mol. The summed E-state index contributed by atoms with van der Waals surface area (Å²) in [6.07, 6.45) is 1.79. The van der Waals surface area contributed by atoms with Gasteiger partial charge < -0.3 is 5.32 Å². The normalized spacial score (nSPS) is 10.8. The summed E-state index contributed by atoms with van der Waals surface area (Å²) < 4.78 is 0.792. The Bertz CT molecular complexity index is 786. The SMILES string of the molecule is CNc1ncc2cc(-c3ccccc3C)c(Br)nc2n1. The molecule has 0 atom stereocenters. The van der Waals surface area contributed by atoms with Gasteiger partial charge in [0.1, 0.15) is 4.60 Å². The van der Waals surface area contributed by atoms with Gasteiger partial charge in [0.05, 0.1) is 0 Å². The van der Waals surface area contributed by atoms with E-state index in [1.165, 1.54) is 5.56 Å². The molecule has 0 fully saturated rings. The van der Waals surface area contributed by atoms with Gasteiger partial charge in [0, 0.05) is 24.2 Å². The molecule has 5 heteroatoms. The molecule has 0 spiro atoms. The van der Waals surface area contributed by atoms with E-state index in [1.807, 2.05) is 12.1 Å². The third-order valence-electron chi connectivity index (χ3n) is 3.18. The molecule has 1 N–H and O–H groups in total. The molecule has 0 saturated carbocycles. The molecule has 0 radical (unpaired) electrons. The number of nitrogens with one attached hydrogen (secondary N) is 1. The van der Waals surface area contributed by atoms with Gasteiger partial charge in [0.15, 0.2) is 5.65 Å². The number of rotatable bonds is 2. The Hall–Kier alpha value is -2.01. The fourth-order valence-corrected chi connectivity index (χ4v) is 2.62. The van der Waals surface area contributed by atoms with Crippen molar-refractivity contribution in [3.05, 3.63) is 46.7 Å². The molecule has 0 aliphatic heterocycles. The molecular weight excluding hydrogens is 316 g/mol. The van der Waals surface area contributed by atoms with Gasteiger partial charge in [-0.15, -0.1) is 0 Å². The smallest absolute Gasteiger partial charge is 0.224 e. The van der Waals surface area contributed by atoms with E-state index in [-0.39, 0.29) is 0 Å². The number of hydrogen-bond acceptors (Lipinski definition) is 4. The lowest BCUT2D eigenvalue weighted by molar-refractivity contribution is 1.16. The van der Waals surface area contributed by atoms with E-state index in [0.29, 0.717) is 11.6 Å². The molecule has 3 rings (SSSR count). The fraction of sp³-hybridized carbons (Fsp3) is 0.133. The Labute approximate surface area is 125 Å². The molecule has 3 aromatic rings. The number of fused-ring (bicyclic) bond motifs is 1. The second-order valence-electron chi connectivity index (χ2n) is 4.50. The van der Waals surface area contributed by atoms with E-state index in [1.54, 1.807) is 13.2 Å². The van der Waals surface area contributed by atoms with Crippen molar-refractivity contribution in [2.24, 2.45) is 0 Å². The molecule has 4 nitrogen and oxygen atoms in total. The molecule has 20 heavy (non-hydrogen) atoms. The predicted octanol–water partition coefficient (Wildman–Crippen LogP) is 3.80. The van der Waals surface area contributed by atoms with E-state index in [9.17, 15) is 0 Å². The third kappa shape index (κ3) is 2.25. The number of aryl methyl sites for hydroxylation is 1. The number of nitrogens with zero attached hydrogens (tertiary/aromatic N) is 3. The molecule has 0 aliphatic carbocycles. The monoisotopic (exact) mass is 328 g/mol. The Balaban J connectivity index is 2.23. The number of anilines is 1. The van der Waals surface area contributed by atoms with Gasteiger partial charge in [0.2, 0.25) is 5.95 Å². The maximum Gasteiger partial charge on any atom is 0.224 e. The summed E-state index contributed by atoms with van der Waals surface area (Å²) >= 11 is 3.54. The minimum atomic E-state index is 0.570. The lowest BCUT2D eigenvalue weighted by Gasteiger charge is -2.09. The van der Waals surface area contributed by atoms with Gasteiger partial charge in [-0.3, -0.25) is 0 Å². The second kappa shape index (κ2) is 5.17. The summed E-state index contributed by atoms with van der Waals surface area (Å²) in [4.78, 5) is 13.1. The maximum absolute atomic E-state index is 4.53. The van der Waals surface area contributed by atoms with Crippen molar-refractivity contribution in [3.8, 4) is 11.1 Å². The molecule has 0 bridgehead atoms. The lowest BCUT2D eigenvalue weighted by Crippen LogP contribution is -1.98. The van der Waals surface area contributed by atoms with Gasteiger partial charge in [-0.1, -0.05) is 24.3 Å². The average Bonchev–Trinajstić information content (AvgIpc) is 2.47. The Morgan fingerprint density at radius 1 is 1.10 bits per heavy atom. The molecule has 0 saturated heterocycles. The highest BCUT2D eigenvalue weighted by Crippen LogP contribution is 2.31. The first-order valence-electron chi connectivity index (χ1n) is 6.26. The molecule has 2 aromatic heterocycles. The van der Waals surface area contributed by atoms with Crippen LogP contribution in [0, 0.1) is 6.92 Å². The first-order valence-corrected chi connectivity index (χ1v) is 7.05. The van der Waals surface area contributed by atoms with Crippen molar-refractivity contribution in [2.45, 2.75) is 6.92 Å². The van der Waals surface area contributed by atoms with Gasteiger partial charge >= 0.3 is 0 Å². The van der Waals surface area contributed by atoms with E-state index in [4.69, 9.17) is 0 Å². The molecular formula is C15H13BrN4. The summed E-state index contributed by atoms with van der Waals surface area (Å²) in [7, 11) is 1.79. The lowest BCUT2D eigenvalue weighted by atomic mass is 10.0. The van der Waals surface area contributed by atoms with E-state index < -0.39 is 0 Å². The molecule has 2 heterocycles. The van der Waals surface area contributed by atoms with Crippen LogP contribution in [0.2, 0.25) is 0 Å². The van der Waals surface area contributed by atoms with Gasteiger partial charge in [-0.25, -0.2) is 9.97 Å². The van der Waals surface area contributed by atoms with Gasteiger partial charge in [-0.05, 0) is 40.0 Å².